The summed E-state index contributed by atoms with van der Waals surface area (Å²) in [5, 5.41) is 3.98. The van der Waals surface area contributed by atoms with E-state index in [4.69, 9.17) is 17.3 Å². The molecule has 1 heterocycles. The molecule has 0 fully saturated rings. The lowest BCUT2D eigenvalue weighted by molar-refractivity contribution is 0.846. The number of nitrogens with two attached hydrogens (primary N) is 1. The molecule has 2 aromatic rings. The van der Waals surface area contributed by atoms with Gasteiger partial charge in [0.1, 0.15) is 0 Å². The van der Waals surface area contributed by atoms with Gasteiger partial charge in [-0.3, -0.25) is 0 Å². The van der Waals surface area contributed by atoms with Gasteiger partial charge in [0, 0.05) is 32.7 Å². The summed E-state index contributed by atoms with van der Waals surface area (Å²) >= 11 is 9.29. The molecule has 0 aliphatic rings. The van der Waals surface area contributed by atoms with Gasteiger partial charge in [0.05, 0.1) is 10.7 Å². The van der Waals surface area contributed by atoms with Crippen molar-refractivity contribution in [2.75, 3.05) is 5.73 Å². The van der Waals surface area contributed by atoms with Gasteiger partial charge in [0.15, 0.2) is 0 Å². The lowest BCUT2D eigenvalue weighted by Crippen LogP contribution is -1.90. The molecule has 2 nitrogen and oxygen atoms in total. The van der Waals surface area contributed by atoms with Gasteiger partial charge in [-0.25, -0.2) is 4.98 Å². The molecule has 0 amide bonds. The molecule has 0 saturated heterocycles. The summed E-state index contributed by atoms with van der Waals surface area (Å²) in [5.74, 6) is 1.34. The number of hydrogen-bond donors (Lipinski definition) is 1. The van der Waals surface area contributed by atoms with Crippen LogP contribution < -0.4 is 5.73 Å². The maximum atomic E-state index is 5.92. The Morgan fingerprint density at radius 1 is 1.44 bits per heavy atom. The van der Waals surface area contributed by atoms with Crippen LogP contribution in [0.3, 0.4) is 0 Å². The van der Waals surface area contributed by atoms with Crippen molar-refractivity contribution in [1.82, 2.24) is 4.98 Å². The molecule has 0 aliphatic carbocycles. The van der Waals surface area contributed by atoms with E-state index in [1.807, 2.05) is 12.1 Å². The zero-order chi connectivity index (χ0) is 13.1. The lowest BCUT2D eigenvalue weighted by atomic mass is 10.2. The van der Waals surface area contributed by atoms with Crippen LogP contribution in [0.25, 0.3) is 0 Å². The maximum Gasteiger partial charge on any atom is 0.0954 e. The normalized spacial score (nSPS) is 11.1. The fourth-order valence-electron chi connectivity index (χ4n) is 1.46. The second kappa shape index (κ2) is 5.95. The minimum absolute atomic E-state index is 0.495. The zero-order valence-electron chi connectivity index (χ0n) is 10.3. The molecule has 1 aromatic carbocycles. The summed E-state index contributed by atoms with van der Waals surface area (Å²) in [6.07, 6.45) is 0. The second-order valence-electron chi connectivity index (χ2n) is 4.30. The van der Waals surface area contributed by atoms with E-state index in [2.05, 4.69) is 24.2 Å². The van der Waals surface area contributed by atoms with Gasteiger partial charge in [-0.1, -0.05) is 25.4 Å². The molecule has 0 unspecified atom stereocenters. The SMILES string of the molecule is CC(C)c1nc(CSc2ccc(Cl)cc2N)cs1. The Morgan fingerprint density at radius 3 is 2.83 bits per heavy atom. The largest absolute Gasteiger partial charge is 0.398 e. The number of hydrogen-bond acceptors (Lipinski definition) is 4. The molecule has 18 heavy (non-hydrogen) atoms. The number of benzene rings is 1. The molecule has 0 aliphatic heterocycles. The predicted molar refractivity (Wildman–Crippen MR) is 81.6 cm³/mol. The van der Waals surface area contributed by atoms with Crippen molar-refractivity contribution in [3.63, 3.8) is 0 Å². The number of nitrogen functional groups attached to an aromatic ring is 1. The summed E-state index contributed by atoms with van der Waals surface area (Å²) in [6, 6.07) is 5.60. The summed E-state index contributed by atoms with van der Waals surface area (Å²) in [7, 11) is 0. The monoisotopic (exact) mass is 298 g/mol. The molecular formula is C13H15ClN2S2. The lowest BCUT2D eigenvalue weighted by Gasteiger charge is -2.04. The summed E-state index contributed by atoms with van der Waals surface area (Å²) in [6.45, 7) is 4.32. The average Bonchev–Trinajstić information content (AvgIpc) is 2.76. The number of aromatic nitrogens is 1. The highest BCUT2D eigenvalue weighted by Gasteiger charge is 2.07. The first-order valence-electron chi connectivity index (χ1n) is 5.68. The summed E-state index contributed by atoms with van der Waals surface area (Å²) < 4.78 is 0. The van der Waals surface area contributed by atoms with E-state index in [9.17, 15) is 0 Å². The smallest absolute Gasteiger partial charge is 0.0954 e. The zero-order valence-corrected chi connectivity index (χ0v) is 12.7. The van der Waals surface area contributed by atoms with Crippen molar-refractivity contribution in [2.24, 2.45) is 0 Å². The third-order valence-electron chi connectivity index (χ3n) is 2.41. The standard InChI is InChI=1S/C13H15ClN2S2/c1-8(2)13-16-10(7-18-13)6-17-12-4-3-9(14)5-11(12)15/h3-5,7-8H,6,15H2,1-2H3. The average molecular weight is 299 g/mol. The van der Waals surface area contributed by atoms with E-state index in [1.54, 1.807) is 29.2 Å². The van der Waals surface area contributed by atoms with Gasteiger partial charge < -0.3 is 5.73 Å². The Bertz CT molecular complexity index is 538. The van der Waals surface area contributed by atoms with E-state index in [0.717, 1.165) is 22.0 Å². The van der Waals surface area contributed by atoms with Gasteiger partial charge in [-0.15, -0.1) is 23.1 Å². The number of nitrogens with zero attached hydrogens (tertiary/aromatic N) is 1. The molecule has 1 aromatic heterocycles. The highest BCUT2D eigenvalue weighted by molar-refractivity contribution is 7.98. The van der Waals surface area contributed by atoms with Crippen LogP contribution in [-0.2, 0) is 5.75 Å². The topological polar surface area (TPSA) is 38.9 Å². The van der Waals surface area contributed by atoms with Crippen LogP contribution in [0.5, 0.6) is 0 Å². The fraction of sp³-hybridized carbons (Fsp3) is 0.308. The minimum Gasteiger partial charge on any atom is -0.398 e. The van der Waals surface area contributed by atoms with E-state index >= 15 is 0 Å². The molecular weight excluding hydrogens is 284 g/mol. The van der Waals surface area contributed by atoms with Gasteiger partial charge >= 0.3 is 0 Å². The van der Waals surface area contributed by atoms with Crippen LogP contribution in [-0.4, -0.2) is 4.98 Å². The van der Waals surface area contributed by atoms with Gasteiger partial charge in [0.25, 0.3) is 0 Å². The molecule has 2 rings (SSSR count). The Balaban J connectivity index is 2.02. The molecule has 0 saturated carbocycles. The van der Waals surface area contributed by atoms with Crippen LogP contribution in [0, 0.1) is 0 Å². The first-order chi connectivity index (χ1) is 8.56. The van der Waals surface area contributed by atoms with E-state index in [1.165, 1.54) is 5.01 Å². The number of thiazole rings is 1. The van der Waals surface area contributed by atoms with Gasteiger partial charge in [0.2, 0.25) is 0 Å². The van der Waals surface area contributed by atoms with Crippen LogP contribution in [0.4, 0.5) is 5.69 Å². The number of rotatable bonds is 4. The highest BCUT2D eigenvalue weighted by Crippen LogP contribution is 2.31. The number of anilines is 1. The third-order valence-corrected chi connectivity index (χ3v) is 4.96. The molecule has 0 spiro atoms. The number of thioether (sulfide) groups is 1. The molecule has 0 radical (unpaired) electrons. The molecule has 5 heteroatoms. The molecule has 96 valence electrons. The van der Waals surface area contributed by atoms with Crippen LogP contribution in [0.1, 0.15) is 30.5 Å². The summed E-state index contributed by atoms with van der Waals surface area (Å²) in [4.78, 5) is 5.66. The first kappa shape index (κ1) is 13.7. The minimum atomic E-state index is 0.495. The first-order valence-corrected chi connectivity index (χ1v) is 7.92. The van der Waals surface area contributed by atoms with Gasteiger partial charge in [-0.2, -0.15) is 0 Å². The molecule has 2 N–H and O–H groups in total. The van der Waals surface area contributed by atoms with Crippen molar-refractivity contribution in [3.05, 3.63) is 39.3 Å². The van der Waals surface area contributed by atoms with Crippen LogP contribution in [0.2, 0.25) is 5.02 Å². The third kappa shape index (κ3) is 3.40. The van der Waals surface area contributed by atoms with Crippen molar-refractivity contribution in [2.45, 2.75) is 30.4 Å². The highest BCUT2D eigenvalue weighted by atomic mass is 35.5. The second-order valence-corrected chi connectivity index (χ2v) is 6.65. The Labute approximate surface area is 121 Å². The van der Waals surface area contributed by atoms with E-state index in [-0.39, 0.29) is 0 Å². The maximum absolute atomic E-state index is 5.92. The Hall–Kier alpha value is -0.710. The summed E-state index contributed by atoms with van der Waals surface area (Å²) in [5.41, 5.74) is 7.76. The number of halogens is 1. The van der Waals surface area contributed by atoms with Crippen molar-refractivity contribution < 1.29 is 0 Å². The van der Waals surface area contributed by atoms with E-state index < -0.39 is 0 Å². The quantitative estimate of drug-likeness (QED) is 0.651. The predicted octanol–water partition coefficient (Wildman–Crippen LogP) is 4.79. The Morgan fingerprint density at radius 2 is 2.22 bits per heavy atom. The van der Waals surface area contributed by atoms with Crippen LogP contribution >= 0.6 is 34.7 Å². The molecule has 0 atom stereocenters. The Kier molecular flexibility index (Phi) is 4.54. The van der Waals surface area contributed by atoms with Gasteiger partial charge in [-0.05, 0) is 18.2 Å². The van der Waals surface area contributed by atoms with Crippen LogP contribution in [0.15, 0.2) is 28.5 Å². The van der Waals surface area contributed by atoms with Crippen molar-refractivity contribution in [1.29, 1.82) is 0 Å². The fourth-order valence-corrected chi connectivity index (χ4v) is 3.42. The van der Waals surface area contributed by atoms with E-state index in [0.29, 0.717) is 10.9 Å². The van der Waals surface area contributed by atoms with Crippen molar-refractivity contribution in [3.8, 4) is 0 Å². The van der Waals surface area contributed by atoms with Crippen molar-refractivity contribution >= 4 is 40.4 Å². The molecule has 0 bridgehead atoms.